The summed E-state index contributed by atoms with van der Waals surface area (Å²) >= 11 is 0. The van der Waals surface area contributed by atoms with E-state index in [0.29, 0.717) is 11.5 Å². The summed E-state index contributed by atoms with van der Waals surface area (Å²) in [6.07, 6.45) is 6.88. The van der Waals surface area contributed by atoms with Gasteiger partial charge in [-0.3, -0.25) is 0 Å². The first kappa shape index (κ1) is 17.2. The van der Waals surface area contributed by atoms with Crippen LogP contribution in [0.3, 0.4) is 0 Å². The molecule has 0 heterocycles. The minimum absolute atomic E-state index is 0.433. The van der Waals surface area contributed by atoms with Crippen LogP contribution in [0.4, 0.5) is 0 Å². The number of hydrogen-bond acceptors (Lipinski definition) is 3. The van der Waals surface area contributed by atoms with E-state index in [9.17, 15) is 0 Å². The highest BCUT2D eigenvalue weighted by Gasteiger charge is 2.38. The van der Waals surface area contributed by atoms with Gasteiger partial charge < -0.3 is 15.0 Å². The van der Waals surface area contributed by atoms with Crippen LogP contribution in [0.2, 0.25) is 0 Å². The van der Waals surface area contributed by atoms with Crippen molar-refractivity contribution >= 4 is 0 Å². The van der Waals surface area contributed by atoms with E-state index in [4.69, 9.17) is 4.74 Å². The smallest absolute Gasteiger partial charge is 0.0593 e. The summed E-state index contributed by atoms with van der Waals surface area (Å²) in [6, 6.07) is 0.658. The number of likely N-dealkylation sites (N-methyl/N-ethyl adjacent to an activating group) is 1. The summed E-state index contributed by atoms with van der Waals surface area (Å²) < 4.78 is 5.78. The van der Waals surface area contributed by atoms with E-state index in [1.807, 2.05) is 0 Å². The number of nitrogens with one attached hydrogen (secondary N) is 1. The Hall–Kier alpha value is -0.120. The molecule has 0 radical (unpaired) electrons. The normalized spacial score (nSPS) is 29.0. The predicted molar refractivity (Wildman–Crippen MR) is 89.6 cm³/mol. The summed E-state index contributed by atoms with van der Waals surface area (Å²) in [5.41, 5.74) is 0.433. The molecule has 2 saturated carbocycles. The molecule has 124 valence electrons. The quantitative estimate of drug-likeness (QED) is 0.662. The standard InChI is InChI=1S/C18H36N2O/c1-5-19-17-16(7-6-10-18(17,2)3)13-20(4)11-12-21-14-15-8-9-15/h15-17,19H,5-14H2,1-4H3. The van der Waals surface area contributed by atoms with E-state index in [1.54, 1.807) is 0 Å². The summed E-state index contributed by atoms with van der Waals surface area (Å²) in [6.45, 7) is 12.3. The average Bonchev–Trinajstić information content (AvgIpc) is 3.23. The molecule has 0 spiro atoms. The summed E-state index contributed by atoms with van der Waals surface area (Å²) in [7, 11) is 2.26. The summed E-state index contributed by atoms with van der Waals surface area (Å²) in [4.78, 5) is 2.48. The van der Waals surface area contributed by atoms with Crippen LogP contribution in [0.1, 0.15) is 52.9 Å². The van der Waals surface area contributed by atoms with Gasteiger partial charge in [-0.2, -0.15) is 0 Å². The van der Waals surface area contributed by atoms with Crippen LogP contribution >= 0.6 is 0 Å². The van der Waals surface area contributed by atoms with Crippen molar-refractivity contribution in [3.05, 3.63) is 0 Å². The highest BCUT2D eigenvalue weighted by molar-refractivity contribution is 4.94. The third-order valence-corrected chi connectivity index (χ3v) is 5.35. The SMILES string of the molecule is CCNC1C(CN(C)CCOCC2CC2)CCCC1(C)C. The fourth-order valence-electron chi connectivity index (χ4n) is 3.89. The van der Waals surface area contributed by atoms with Crippen molar-refractivity contribution in [2.75, 3.05) is 39.9 Å². The largest absolute Gasteiger partial charge is 0.380 e. The van der Waals surface area contributed by atoms with Crippen LogP contribution < -0.4 is 5.32 Å². The lowest BCUT2D eigenvalue weighted by atomic mass is 9.67. The second-order valence-corrected chi connectivity index (χ2v) is 7.96. The molecule has 2 atom stereocenters. The maximum absolute atomic E-state index is 5.78. The topological polar surface area (TPSA) is 24.5 Å². The molecule has 0 saturated heterocycles. The second-order valence-electron chi connectivity index (χ2n) is 7.96. The van der Waals surface area contributed by atoms with Crippen LogP contribution in [-0.2, 0) is 4.74 Å². The number of ether oxygens (including phenoxy) is 1. The van der Waals surface area contributed by atoms with Gasteiger partial charge in [-0.05, 0) is 56.5 Å². The average molecular weight is 296 g/mol. The van der Waals surface area contributed by atoms with E-state index in [-0.39, 0.29) is 0 Å². The lowest BCUT2D eigenvalue weighted by Gasteiger charge is -2.45. The van der Waals surface area contributed by atoms with Gasteiger partial charge in [0.05, 0.1) is 6.61 Å². The van der Waals surface area contributed by atoms with E-state index in [1.165, 1.54) is 38.6 Å². The van der Waals surface area contributed by atoms with Gasteiger partial charge in [-0.1, -0.05) is 27.2 Å². The predicted octanol–water partition coefficient (Wildman–Crippen LogP) is 3.15. The van der Waals surface area contributed by atoms with E-state index >= 15 is 0 Å². The Bertz CT molecular complexity index is 302. The number of rotatable bonds is 9. The van der Waals surface area contributed by atoms with Crippen molar-refractivity contribution in [2.24, 2.45) is 17.3 Å². The second kappa shape index (κ2) is 7.94. The van der Waals surface area contributed by atoms with Crippen LogP contribution in [-0.4, -0.2) is 50.8 Å². The highest BCUT2D eigenvalue weighted by Crippen LogP contribution is 2.39. The first-order valence-corrected chi connectivity index (χ1v) is 9.02. The molecule has 1 N–H and O–H groups in total. The van der Waals surface area contributed by atoms with Crippen molar-refractivity contribution < 1.29 is 4.74 Å². The van der Waals surface area contributed by atoms with Crippen molar-refractivity contribution in [1.82, 2.24) is 10.2 Å². The van der Waals surface area contributed by atoms with E-state index in [0.717, 1.165) is 38.1 Å². The van der Waals surface area contributed by atoms with Gasteiger partial charge in [-0.25, -0.2) is 0 Å². The molecule has 2 unspecified atom stereocenters. The molecule has 0 bridgehead atoms. The molecule has 2 rings (SSSR count). The van der Waals surface area contributed by atoms with Gasteiger partial charge >= 0.3 is 0 Å². The van der Waals surface area contributed by atoms with Crippen molar-refractivity contribution in [3.8, 4) is 0 Å². The zero-order valence-corrected chi connectivity index (χ0v) is 14.7. The van der Waals surface area contributed by atoms with Gasteiger partial charge in [0.1, 0.15) is 0 Å². The van der Waals surface area contributed by atoms with Gasteiger partial charge in [0.2, 0.25) is 0 Å². The van der Waals surface area contributed by atoms with Crippen LogP contribution in [0, 0.1) is 17.3 Å². The minimum Gasteiger partial charge on any atom is -0.380 e. The van der Waals surface area contributed by atoms with Gasteiger partial charge in [-0.15, -0.1) is 0 Å². The molecule has 0 aromatic heterocycles. The number of nitrogens with zero attached hydrogens (tertiary/aromatic N) is 1. The first-order valence-electron chi connectivity index (χ1n) is 9.02. The Morgan fingerprint density at radius 3 is 2.67 bits per heavy atom. The highest BCUT2D eigenvalue weighted by atomic mass is 16.5. The Morgan fingerprint density at radius 2 is 2.00 bits per heavy atom. The molecule has 2 fully saturated rings. The molecular formula is C18H36N2O. The molecule has 0 aromatic rings. The van der Waals surface area contributed by atoms with E-state index in [2.05, 4.69) is 38.0 Å². The molecule has 2 aliphatic rings. The maximum atomic E-state index is 5.78. The van der Waals surface area contributed by atoms with E-state index < -0.39 is 0 Å². The van der Waals surface area contributed by atoms with Crippen molar-refractivity contribution in [2.45, 2.75) is 58.9 Å². The molecular weight excluding hydrogens is 260 g/mol. The lowest BCUT2D eigenvalue weighted by molar-refractivity contribution is 0.0668. The van der Waals surface area contributed by atoms with Gasteiger partial charge in [0, 0.05) is 25.7 Å². The summed E-state index contributed by atoms with van der Waals surface area (Å²) in [5.74, 6) is 1.66. The van der Waals surface area contributed by atoms with Crippen LogP contribution in [0.25, 0.3) is 0 Å². The summed E-state index contributed by atoms with van der Waals surface area (Å²) in [5, 5.41) is 3.76. The zero-order valence-electron chi connectivity index (χ0n) is 14.7. The number of hydrogen-bond donors (Lipinski definition) is 1. The maximum Gasteiger partial charge on any atom is 0.0593 e. The molecule has 3 heteroatoms. The van der Waals surface area contributed by atoms with Crippen molar-refractivity contribution in [3.63, 3.8) is 0 Å². The molecule has 0 aliphatic heterocycles. The van der Waals surface area contributed by atoms with Crippen LogP contribution in [0.15, 0.2) is 0 Å². The molecule has 3 nitrogen and oxygen atoms in total. The fourth-order valence-corrected chi connectivity index (χ4v) is 3.89. The Kier molecular flexibility index (Phi) is 6.51. The molecule has 0 amide bonds. The minimum atomic E-state index is 0.433. The third kappa shape index (κ3) is 5.54. The molecule has 0 aromatic carbocycles. The van der Waals surface area contributed by atoms with Crippen LogP contribution in [0.5, 0.6) is 0 Å². The molecule has 21 heavy (non-hydrogen) atoms. The lowest BCUT2D eigenvalue weighted by Crippen LogP contribution is -2.52. The molecule has 2 aliphatic carbocycles. The Labute approximate surface area is 131 Å². The Balaban J connectivity index is 1.72. The van der Waals surface area contributed by atoms with Gasteiger partial charge in [0.15, 0.2) is 0 Å². The van der Waals surface area contributed by atoms with Gasteiger partial charge in [0.25, 0.3) is 0 Å². The Morgan fingerprint density at radius 1 is 1.24 bits per heavy atom. The van der Waals surface area contributed by atoms with Crippen molar-refractivity contribution in [1.29, 1.82) is 0 Å². The zero-order chi connectivity index (χ0) is 15.3. The monoisotopic (exact) mass is 296 g/mol. The fraction of sp³-hybridized carbons (Fsp3) is 1.00. The third-order valence-electron chi connectivity index (χ3n) is 5.35. The first-order chi connectivity index (χ1) is 10.0.